The van der Waals surface area contributed by atoms with Gasteiger partial charge >= 0.3 is 0 Å². The zero-order valence-corrected chi connectivity index (χ0v) is 11.4. The first-order valence-electron chi connectivity index (χ1n) is 6.99. The van der Waals surface area contributed by atoms with Crippen molar-refractivity contribution in [3.05, 3.63) is 35.9 Å². The van der Waals surface area contributed by atoms with Crippen LogP contribution in [0.4, 0.5) is 0 Å². The molecule has 0 aromatic heterocycles. The lowest BCUT2D eigenvalue weighted by Gasteiger charge is -2.38. The van der Waals surface area contributed by atoms with Crippen LogP contribution in [0.1, 0.15) is 31.7 Å². The summed E-state index contributed by atoms with van der Waals surface area (Å²) in [5.41, 5.74) is 10.9. The van der Waals surface area contributed by atoms with Crippen molar-refractivity contribution < 1.29 is 0 Å². The fraction of sp³-hybridized carbons (Fsp3) is 0.600. The van der Waals surface area contributed by atoms with Crippen molar-refractivity contribution >= 4 is 0 Å². The zero-order chi connectivity index (χ0) is 12.8. The smallest absolute Gasteiger partial charge is 0.0460 e. The molecule has 1 unspecified atom stereocenters. The summed E-state index contributed by atoms with van der Waals surface area (Å²) in [7, 11) is 0. The summed E-state index contributed by atoms with van der Waals surface area (Å²) >= 11 is 0. The van der Waals surface area contributed by atoms with E-state index in [1.54, 1.807) is 0 Å². The van der Waals surface area contributed by atoms with E-state index in [0.717, 1.165) is 19.5 Å². The number of hydrogen-bond acceptors (Lipinski definition) is 3. The van der Waals surface area contributed by atoms with Crippen molar-refractivity contribution in [2.24, 2.45) is 5.73 Å². The molecule has 2 rings (SSSR count). The highest BCUT2D eigenvalue weighted by Gasteiger charge is 2.26. The second-order valence-electron chi connectivity index (χ2n) is 5.59. The molecule has 100 valence electrons. The molecular formula is C15H25N3. The number of benzene rings is 1. The molecule has 0 radical (unpaired) electrons. The number of nitrogens with one attached hydrogen (secondary N) is 1. The van der Waals surface area contributed by atoms with Crippen molar-refractivity contribution in [3.8, 4) is 0 Å². The summed E-state index contributed by atoms with van der Waals surface area (Å²) < 4.78 is 0. The molecule has 1 aromatic carbocycles. The molecule has 0 spiro atoms. The third kappa shape index (κ3) is 3.80. The molecule has 18 heavy (non-hydrogen) atoms. The van der Waals surface area contributed by atoms with Gasteiger partial charge in [-0.05, 0) is 31.7 Å². The quantitative estimate of drug-likeness (QED) is 0.835. The maximum atomic E-state index is 5.98. The maximum Gasteiger partial charge on any atom is 0.0460 e. The van der Waals surface area contributed by atoms with Crippen LogP contribution in [0.3, 0.4) is 0 Å². The van der Waals surface area contributed by atoms with Gasteiger partial charge in [-0.3, -0.25) is 0 Å². The van der Waals surface area contributed by atoms with Gasteiger partial charge in [0.15, 0.2) is 0 Å². The molecule has 1 atom stereocenters. The summed E-state index contributed by atoms with van der Waals surface area (Å²) in [6, 6.07) is 10.6. The summed E-state index contributed by atoms with van der Waals surface area (Å²) in [6.07, 6.45) is 4.91. The molecule has 0 saturated carbocycles. The van der Waals surface area contributed by atoms with Gasteiger partial charge in [0.05, 0.1) is 0 Å². The highest BCUT2D eigenvalue weighted by Crippen LogP contribution is 2.15. The Hall–Kier alpha value is -0.900. The van der Waals surface area contributed by atoms with Gasteiger partial charge in [0.2, 0.25) is 0 Å². The van der Waals surface area contributed by atoms with E-state index in [9.17, 15) is 0 Å². The van der Waals surface area contributed by atoms with E-state index < -0.39 is 0 Å². The van der Waals surface area contributed by atoms with Gasteiger partial charge in [-0.25, -0.2) is 10.4 Å². The molecule has 1 aliphatic heterocycles. The molecule has 1 aliphatic rings. The normalized spacial score (nSPS) is 20.6. The molecular weight excluding hydrogens is 222 g/mol. The number of nitrogens with zero attached hydrogens (tertiary/aromatic N) is 1. The topological polar surface area (TPSA) is 41.3 Å². The first-order chi connectivity index (χ1) is 8.72. The average molecular weight is 247 g/mol. The van der Waals surface area contributed by atoms with Gasteiger partial charge in [-0.15, -0.1) is 0 Å². The number of hydrogen-bond donors (Lipinski definition) is 2. The molecule has 3 nitrogen and oxygen atoms in total. The summed E-state index contributed by atoms with van der Waals surface area (Å²) in [5, 5.41) is 2.35. The van der Waals surface area contributed by atoms with E-state index in [2.05, 4.69) is 47.7 Å². The van der Waals surface area contributed by atoms with Crippen molar-refractivity contribution in [2.45, 2.75) is 38.1 Å². The molecule has 0 aliphatic carbocycles. The molecule has 3 heteroatoms. The molecule has 1 fully saturated rings. The van der Waals surface area contributed by atoms with E-state index in [0.29, 0.717) is 6.54 Å². The van der Waals surface area contributed by atoms with E-state index >= 15 is 0 Å². The lowest BCUT2D eigenvalue weighted by atomic mass is 9.93. The first-order valence-corrected chi connectivity index (χ1v) is 6.99. The highest BCUT2D eigenvalue weighted by molar-refractivity contribution is 5.17. The fourth-order valence-electron chi connectivity index (χ4n) is 2.59. The van der Waals surface area contributed by atoms with Crippen molar-refractivity contribution in [1.29, 1.82) is 0 Å². The monoisotopic (exact) mass is 247 g/mol. The van der Waals surface area contributed by atoms with Crippen LogP contribution >= 0.6 is 0 Å². The Bertz CT molecular complexity index is 346. The van der Waals surface area contributed by atoms with Crippen molar-refractivity contribution in [3.63, 3.8) is 0 Å². The van der Waals surface area contributed by atoms with Gasteiger partial charge in [0, 0.05) is 25.2 Å². The minimum Gasteiger partial charge on any atom is -0.329 e. The molecule has 0 bridgehead atoms. The van der Waals surface area contributed by atoms with E-state index in [1.807, 2.05) is 0 Å². The van der Waals surface area contributed by atoms with Crippen molar-refractivity contribution in [2.75, 3.05) is 19.6 Å². The Balaban J connectivity index is 1.96. The Morgan fingerprint density at radius 2 is 1.83 bits per heavy atom. The van der Waals surface area contributed by atoms with E-state index in [-0.39, 0.29) is 5.54 Å². The second kappa shape index (κ2) is 6.32. The summed E-state index contributed by atoms with van der Waals surface area (Å²) in [4.78, 5) is 0. The number of rotatable bonds is 5. The largest absolute Gasteiger partial charge is 0.329 e. The van der Waals surface area contributed by atoms with Gasteiger partial charge in [-0.2, -0.15) is 0 Å². The van der Waals surface area contributed by atoms with Crippen LogP contribution in [-0.2, 0) is 6.42 Å². The van der Waals surface area contributed by atoms with Crippen molar-refractivity contribution in [1.82, 2.24) is 10.4 Å². The third-order valence-electron chi connectivity index (χ3n) is 3.67. The van der Waals surface area contributed by atoms with Gasteiger partial charge in [0.1, 0.15) is 0 Å². The summed E-state index contributed by atoms with van der Waals surface area (Å²) in [6.45, 7) is 5.15. The van der Waals surface area contributed by atoms with E-state index in [4.69, 9.17) is 5.73 Å². The predicted octanol–water partition coefficient (Wildman–Crippen LogP) is 1.94. The van der Waals surface area contributed by atoms with E-state index in [1.165, 1.54) is 24.8 Å². The van der Waals surface area contributed by atoms with Crippen LogP contribution in [0.2, 0.25) is 0 Å². The van der Waals surface area contributed by atoms with Crippen LogP contribution in [0, 0.1) is 0 Å². The summed E-state index contributed by atoms with van der Waals surface area (Å²) in [5.74, 6) is 0. The zero-order valence-electron chi connectivity index (χ0n) is 11.4. The molecule has 1 aromatic rings. The lowest BCUT2D eigenvalue weighted by Crippen LogP contribution is -2.58. The molecule has 1 saturated heterocycles. The SMILES string of the molecule is CC(CN)(Cc1ccccc1)NN1CCCCC1. The Kier molecular flexibility index (Phi) is 4.75. The van der Waals surface area contributed by atoms with Gasteiger partial charge in [0.25, 0.3) is 0 Å². The number of nitrogens with two attached hydrogens (primary N) is 1. The second-order valence-corrected chi connectivity index (χ2v) is 5.59. The number of hydrazine groups is 1. The predicted molar refractivity (Wildman–Crippen MR) is 76.2 cm³/mol. The minimum atomic E-state index is -0.0430. The highest BCUT2D eigenvalue weighted by atomic mass is 15.5. The Morgan fingerprint density at radius 3 is 2.44 bits per heavy atom. The van der Waals surface area contributed by atoms with Crippen LogP contribution in [0.25, 0.3) is 0 Å². The Morgan fingerprint density at radius 1 is 1.17 bits per heavy atom. The van der Waals surface area contributed by atoms with Gasteiger partial charge < -0.3 is 5.73 Å². The fourth-order valence-corrected chi connectivity index (χ4v) is 2.59. The van der Waals surface area contributed by atoms with Crippen LogP contribution in [-0.4, -0.2) is 30.2 Å². The minimum absolute atomic E-state index is 0.0430. The van der Waals surface area contributed by atoms with Crippen LogP contribution in [0.15, 0.2) is 30.3 Å². The molecule has 3 N–H and O–H groups in total. The lowest BCUT2D eigenvalue weighted by molar-refractivity contribution is 0.0910. The Labute approximate surface area is 110 Å². The maximum absolute atomic E-state index is 5.98. The van der Waals surface area contributed by atoms with Crippen LogP contribution < -0.4 is 11.2 Å². The third-order valence-corrected chi connectivity index (χ3v) is 3.67. The molecule has 1 heterocycles. The average Bonchev–Trinajstić information content (AvgIpc) is 2.41. The number of piperidine rings is 1. The van der Waals surface area contributed by atoms with Crippen LogP contribution in [0.5, 0.6) is 0 Å². The van der Waals surface area contributed by atoms with Gasteiger partial charge in [-0.1, -0.05) is 36.8 Å². The first kappa shape index (κ1) is 13.5. The molecule has 0 amide bonds. The standard InChI is InChI=1S/C15H25N3/c1-15(13-16,12-14-8-4-2-5-9-14)17-18-10-6-3-7-11-18/h2,4-5,8-9,17H,3,6-7,10-13,16H2,1H3.